The van der Waals surface area contributed by atoms with Crippen molar-refractivity contribution < 1.29 is 36.2 Å². The predicted molar refractivity (Wildman–Crippen MR) is 141 cm³/mol. The van der Waals surface area contributed by atoms with Crippen LogP contribution in [0.25, 0.3) is 11.1 Å². The van der Waals surface area contributed by atoms with Crippen LogP contribution in [-0.2, 0) is 29.2 Å². The molecular formula is C28H28F6N4O2. The first-order chi connectivity index (χ1) is 18.6. The zero-order valence-electron chi connectivity index (χ0n) is 22.1. The smallest absolute Gasteiger partial charge is 0.392 e. The van der Waals surface area contributed by atoms with Crippen LogP contribution >= 0.6 is 0 Å². The zero-order chi connectivity index (χ0) is 30.0. The molecule has 3 N–H and O–H groups in total. The van der Waals surface area contributed by atoms with Crippen molar-refractivity contribution in [3.8, 4) is 11.1 Å². The molecule has 3 aromatic rings. The number of pyridine rings is 1. The third-order valence-corrected chi connectivity index (χ3v) is 6.55. The number of alkyl halides is 6. The maximum atomic E-state index is 13.8. The van der Waals surface area contributed by atoms with Crippen molar-refractivity contribution in [3.05, 3.63) is 76.5 Å². The summed E-state index contributed by atoms with van der Waals surface area (Å²) in [5.74, 6) is -0.506. The van der Waals surface area contributed by atoms with Gasteiger partial charge in [0, 0.05) is 30.9 Å². The largest absolute Gasteiger partial charge is 0.416 e. The minimum Gasteiger partial charge on any atom is -0.392 e. The molecule has 0 aliphatic carbocycles. The molecule has 0 saturated heterocycles. The standard InChI is InChI=1S/C28H28F6N4O2/c1-5-36-24-21(13-35)23(20-9-7-6-8-16(20)15-39)22(14-37-24)38(4)25(40)26(2,3)17-10-18(27(29,30)31)12-19(11-17)28(32,33)34/h6-14,35,39H,5,15H2,1-4H3,(H,36,37). The Labute approximate surface area is 227 Å². The number of rotatable bonds is 8. The van der Waals surface area contributed by atoms with Crippen molar-refractivity contribution in [2.24, 2.45) is 0 Å². The summed E-state index contributed by atoms with van der Waals surface area (Å²) < 4.78 is 81.2. The van der Waals surface area contributed by atoms with Crippen LogP contribution in [0, 0.1) is 5.41 Å². The lowest BCUT2D eigenvalue weighted by atomic mass is 9.81. The van der Waals surface area contributed by atoms with Gasteiger partial charge in [-0.05, 0) is 55.7 Å². The number of hydrogen-bond donors (Lipinski definition) is 3. The third-order valence-electron chi connectivity index (χ3n) is 6.55. The maximum absolute atomic E-state index is 13.8. The number of carbonyl (C=O) groups is 1. The van der Waals surface area contributed by atoms with Gasteiger partial charge in [-0.25, -0.2) is 4.98 Å². The van der Waals surface area contributed by atoms with Gasteiger partial charge in [-0.1, -0.05) is 24.3 Å². The molecule has 0 radical (unpaired) electrons. The number of aliphatic hydroxyl groups excluding tert-OH is 1. The van der Waals surface area contributed by atoms with Crippen molar-refractivity contribution in [3.63, 3.8) is 0 Å². The molecule has 12 heteroatoms. The van der Waals surface area contributed by atoms with Gasteiger partial charge in [0.1, 0.15) is 5.82 Å². The van der Waals surface area contributed by atoms with Crippen molar-refractivity contribution in [2.45, 2.75) is 45.1 Å². The molecule has 3 rings (SSSR count). The van der Waals surface area contributed by atoms with Crippen molar-refractivity contribution in [2.75, 3.05) is 23.8 Å². The van der Waals surface area contributed by atoms with Gasteiger partial charge >= 0.3 is 12.4 Å². The van der Waals surface area contributed by atoms with Crippen LogP contribution in [0.1, 0.15) is 48.6 Å². The molecule has 0 saturated carbocycles. The van der Waals surface area contributed by atoms with E-state index in [1.807, 2.05) is 6.92 Å². The monoisotopic (exact) mass is 566 g/mol. The predicted octanol–water partition coefficient (Wildman–Crippen LogP) is 6.65. The number of halogens is 6. The summed E-state index contributed by atoms with van der Waals surface area (Å²) in [5.41, 5.74) is -3.70. The molecule has 1 heterocycles. The Morgan fingerprint density at radius 3 is 2.08 bits per heavy atom. The fourth-order valence-corrected chi connectivity index (χ4v) is 4.37. The number of nitrogens with zero attached hydrogens (tertiary/aromatic N) is 2. The molecule has 0 unspecified atom stereocenters. The highest BCUT2D eigenvalue weighted by molar-refractivity contribution is 6.07. The van der Waals surface area contributed by atoms with E-state index in [2.05, 4.69) is 10.3 Å². The van der Waals surface area contributed by atoms with E-state index in [4.69, 9.17) is 5.41 Å². The lowest BCUT2D eigenvalue weighted by Gasteiger charge is -2.32. The highest BCUT2D eigenvalue weighted by atomic mass is 19.4. The minimum atomic E-state index is -5.08. The number of amides is 1. The molecule has 6 nitrogen and oxygen atoms in total. The highest BCUT2D eigenvalue weighted by Crippen LogP contribution is 2.42. The molecule has 0 spiro atoms. The fraction of sp³-hybridized carbons (Fsp3) is 0.321. The molecule has 214 valence electrons. The van der Waals surface area contributed by atoms with Gasteiger partial charge in [-0.3, -0.25) is 4.79 Å². The van der Waals surface area contributed by atoms with Crippen LogP contribution in [0.15, 0.2) is 48.7 Å². The summed E-state index contributed by atoms with van der Waals surface area (Å²) in [4.78, 5) is 19.3. The topological polar surface area (TPSA) is 89.3 Å². The quantitative estimate of drug-likeness (QED) is 0.211. The van der Waals surface area contributed by atoms with Gasteiger partial charge in [0.15, 0.2) is 0 Å². The SMILES string of the molecule is CCNc1ncc(N(C)C(=O)C(C)(C)c2cc(C(F)(F)F)cc(C(F)(F)F)c2)c(-c2ccccc2CO)c1C=N. The Balaban J connectivity index is 2.25. The first-order valence-corrected chi connectivity index (χ1v) is 12.1. The zero-order valence-corrected chi connectivity index (χ0v) is 22.1. The number of likely N-dealkylation sites (N-methyl/N-ethyl adjacent to an activating group) is 1. The third kappa shape index (κ3) is 5.96. The molecule has 2 aromatic carbocycles. The van der Waals surface area contributed by atoms with Crippen molar-refractivity contribution in [1.82, 2.24) is 4.98 Å². The van der Waals surface area contributed by atoms with E-state index >= 15 is 0 Å². The van der Waals surface area contributed by atoms with E-state index in [0.717, 1.165) is 11.1 Å². The summed E-state index contributed by atoms with van der Waals surface area (Å²) in [5, 5.41) is 21.1. The van der Waals surface area contributed by atoms with E-state index in [-0.39, 0.29) is 23.9 Å². The number of carbonyl (C=O) groups excluding carboxylic acids is 1. The summed E-state index contributed by atoms with van der Waals surface area (Å²) >= 11 is 0. The number of aromatic nitrogens is 1. The highest BCUT2D eigenvalue weighted by Gasteiger charge is 2.41. The van der Waals surface area contributed by atoms with Crippen LogP contribution in [0.3, 0.4) is 0 Å². The van der Waals surface area contributed by atoms with E-state index in [1.165, 1.54) is 27.1 Å². The van der Waals surface area contributed by atoms with Crippen molar-refractivity contribution >= 4 is 23.6 Å². The number of hydrogen-bond acceptors (Lipinski definition) is 5. The van der Waals surface area contributed by atoms with Crippen LogP contribution < -0.4 is 10.2 Å². The second kappa shape index (κ2) is 11.3. The first kappa shape index (κ1) is 30.6. The van der Waals surface area contributed by atoms with Crippen LogP contribution in [0.2, 0.25) is 0 Å². The molecule has 0 fully saturated rings. The molecule has 0 bridgehead atoms. The normalized spacial score (nSPS) is 12.3. The van der Waals surface area contributed by atoms with Crippen LogP contribution in [0.4, 0.5) is 37.8 Å². The van der Waals surface area contributed by atoms with Gasteiger partial charge < -0.3 is 20.7 Å². The second-order valence-corrected chi connectivity index (χ2v) is 9.55. The number of aliphatic hydroxyl groups is 1. The van der Waals surface area contributed by atoms with Gasteiger partial charge in [0.2, 0.25) is 5.91 Å². The first-order valence-electron chi connectivity index (χ1n) is 12.1. The van der Waals surface area contributed by atoms with Gasteiger partial charge in [0.05, 0.1) is 35.0 Å². The second-order valence-electron chi connectivity index (χ2n) is 9.55. The molecule has 0 aliphatic heterocycles. The summed E-state index contributed by atoms with van der Waals surface area (Å²) in [6.45, 7) is 4.36. The van der Waals surface area contributed by atoms with Gasteiger partial charge in [0.25, 0.3) is 0 Å². The van der Waals surface area contributed by atoms with Crippen LogP contribution in [-0.4, -0.2) is 35.8 Å². The molecule has 1 aromatic heterocycles. The average molecular weight is 567 g/mol. The molecule has 0 aliphatic rings. The Morgan fingerprint density at radius 1 is 1.02 bits per heavy atom. The van der Waals surface area contributed by atoms with Crippen molar-refractivity contribution in [1.29, 1.82) is 5.41 Å². The number of benzene rings is 2. The summed E-state index contributed by atoms with van der Waals surface area (Å²) in [7, 11) is 1.32. The molecule has 40 heavy (non-hydrogen) atoms. The molecule has 1 amide bonds. The Hall–Kier alpha value is -3.93. The van der Waals surface area contributed by atoms with Crippen LogP contribution in [0.5, 0.6) is 0 Å². The van der Waals surface area contributed by atoms with E-state index in [1.54, 1.807) is 24.3 Å². The maximum Gasteiger partial charge on any atom is 0.416 e. The van der Waals surface area contributed by atoms with Gasteiger partial charge in [-0.2, -0.15) is 26.3 Å². The lowest BCUT2D eigenvalue weighted by molar-refractivity contribution is -0.143. The Bertz CT molecular complexity index is 1380. The molecular weight excluding hydrogens is 538 g/mol. The Kier molecular flexibility index (Phi) is 8.63. The summed E-state index contributed by atoms with van der Waals surface area (Å²) in [6, 6.07) is 7.78. The number of nitrogens with one attached hydrogen (secondary N) is 2. The van der Waals surface area contributed by atoms with E-state index in [0.29, 0.717) is 41.2 Å². The van der Waals surface area contributed by atoms with E-state index in [9.17, 15) is 36.2 Å². The minimum absolute atomic E-state index is 0.0113. The average Bonchev–Trinajstić information content (AvgIpc) is 2.90. The molecule has 0 atom stereocenters. The van der Waals surface area contributed by atoms with Gasteiger partial charge in [-0.15, -0.1) is 0 Å². The Morgan fingerprint density at radius 2 is 1.57 bits per heavy atom. The number of anilines is 2. The summed E-state index contributed by atoms with van der Waals surface area (Å²) in [6.07, 6.45) is -7.81. The van der Waals surface area contributed by atoms with E-state index < -0.39 is 40.4 Å². The fourth-order valence-electron chi connectivity index (χ4n) is 4.37. The lowest BCUT2D eigenvalue weighted by Crippen LogP contribution is -2.42.